The van der Waals surface area contributed by atoms with E-state index in [2.05, 4.69) is 4.98 Å². The molecule has 1 N–H and O–H groups in total. The van der Waals surface area contributed by atoms with Gasteiger partial charge in [-0.1, -0.05) is 13.0 Å². The zero-order valence-electron chi connectivity index (χ0n) is 17.1. The first-order chi connectivity index (χ1) is 14.4. The average Bonchev–Trinajstić information content (AvgIpc) is 2.98. The van der Waals surface area contributed by atoms with E-state index in [0.717, 1.165) is 24.8 Å². The Morgan fingerprint density at radius 3 is 2.35 bits per heavy atom. The Labute approximate surface area is 179 Å². The minimum atomic E-state index is -5.08. The number of hydrogen-bond donors (Lipinski definition) is 1. The van der Waals surface area contributed by atoms with Gasteiger partial charge in [0.2, 0.25) is 15.9 Å². The number of halogens is 3. The van der Waals surface area contributed by atoms with Gasteiger partial charge >= 0.3 is 12.1 Å². The lowest BCUT2D eigenvalue weighted by Gasteiger charge is -2.44. The first-order valence-electron chi connectivity index (χ1n) is 9.88. The van der Waals surface area contributed by atoms with Gasteiger partial charge in [-0.2, -0.15) is 13.2 Å². The van der Waals surface area contributed by atoms with E-state index in [4.69, 9.17) is 9.90 Å². The van der Waals surface area contributed by atoms with Gasteiger partial charge in [-0.25, -0.2) is 17.5 Å². The lowest BCUT2D eigenvalue weighted by atomic mass is 9.85. The van der Waals surface area contributed by atoms with E-state index in [1.807, 2.05) is 24.0 Å². The van der Waals surface area contributed by atoms with Crippen molar-refractivity contribution < 1.29 is 36.3 Å². The quantitative estimate of drug-likeness (QED) is 0.716. The van der Waals surface area contributed by atoms with Crippen molar-refractivity contribution in [1.82, 2.24) is 14.2 Å². The van der Waals surface area contributed by atoms with E-state index in [1.165, 1.54) is 0 Å². The number of aliphatic carboxylic acids is 1. The minimum Gasteiger partial charge on any atom is -0.475 e. The summed E-state index contributed by atoms with van der Waals surface area (Å²) >= 11 is 0. The Bertz CT molecular complexity index is 870. The third kappa shape index (κ3) is 6.39. The second-order valence-corrected chi connectivity index (χ2v) is 9.67. The average molecular weight is 465 g/mol. The zero-order chi connectivity index (χ0) is 23.3. The van der Waals surface area contributed by atoms with Crippen molar-refractivity contribution in [3.63, 3.8) is 0 Å². The molecule has 2 aliphatic heterocycles. The molecule has 1 spiro atoms. The Kier molecular flexibility index (Phi) is 8.04. The third-order valence-corrected chi connectivity index (χ3v) is 7.57. The first kappa shape index (κ1) is 25.1. The predicted octanol–water partition coefficient (Wildman–Crippen LogP) is 2.41. The van der Waals surface area contributed by atoms with Gasteiger partial charge in [-0.15, -0.1) is 0 Å². The molecular weight excluding hydrogens is 439 g/mol. The number of rotatable bonds is 5. The summed E-state index contributed by atoms with van der Waals surface area (Å²) in [5.74, 6) is -2.38. The molecule has 174 valence electrons. The molecule has 0 aromatic carbocycles. The van der Waals surface area contributed by atoms with E-state index in [-0.39, 0.29) is 17.2 Å². The summed E-state index contributed by atoms with van der Waals surface area (Å²) in [7, 11) is -3.15. The molecular formula is C19H26F3N3O5S. The molecule has 2 aliphatic rings. The fraction of sp³-hybridized carbons (Fsp3) is 0.632. The number of carbonyl (C=O) groups excluding carboxylic acids is 1. The van der Waals surface area contributed by atoms with Gasteiger partial charge in [0, 0.05) is 44.0 Å². The number of hydrogen-bond acceptors (Lipinski definition) is 5. The van der Waals surface area contributed by atoms with Crippen molar-refractivity contribution in [2.24, 2.45) is 0 Å². The van der Waals surface area contributed by atoms with Crippen LogP contribution in [0.1, 0.15) is 44.6 Å². The number of sulfonamides is 1. The fourth-order valence-electron chi connectivity index (χ4n) is 3.89. The van der Waals surface area contributed by atoms with Crippen molar-refractivity contribution in [1.29, 1.82) is 0 Å². The zero-order valence-corrected chi connectivity index (χ0v) is 18.0. The van der Waals surface area contributed by atoms with Gasteiger partial charge in [0.15, 0.2) is 0 Å². The fourth-order valence-corrected chi connectivity index (χ4v) is 5.40. The number of aromatic nitrogens is 1. The summed E-state index contributed by atoms with van der Waals surface area (Å²) in [5, 5.41) is 7.12. The molecule has 3 rings (SSSR count). The molecule has 1 amide bonds. The highest BCUT2D eigenvalue weighted by molar-refractivity contribution is 7.89. The van der Waals surface area contributed by atoms with Gasteiger partial charge in [0.05, 0.1) is 5.75 Å². The maximum absolute atomic E-state index is 12.4. The van der Waals surface area contributed by atoms with Crippen molar-refractivity contribution in [2.75, 3.05) is 18.8 Å². The monoisotopic (exact) mass is 465 g/mol. The van der Waals surface area contributed by atoms with E-state index >= 15 is 0 Å². The van der Waals surface area contributed by atoms with Gasteiger partial charge in [-0.3, -0.25) is 9.78 Å². The van der Waals surface area contributed by atoms with Crippen LogP contribution < -0.4 is 0 Å². The van der Waals surface area contributed by atoms with Crippen LogP contribution in [0.5, 0.6) is 0 Å². The van der Waals surface area contributed by atoms with E-state index in [1.54, 1.807) is 16.7 Å². The second kappa shape index (κ2) is 9.94. The van der Waals surface area contributed by atoms with Crippen molar-refractivity contribution in [3.8, 4) is 0 Å². The van der Waals surface area contributed by atoms with Crippen LogP contribution in [0.3, 0.4) is 0 Å². The molecule has 0 unspecified atom stereocenters. The van der Waals surface area contributed by atoms with Gasteiger partial charge in [-0.05, 0) is 37.3 Å². The number of carbonyl (C=O) groups is 2. The number of carboxylic acids is 1. The lowest BCUT2D eigenvalue weighted by molar-refractivity contribution is -0.192. The van der Waals surface area contributed by atoms with Gasteiger partial charge in [0.25, 0.3) is 0 Å². The molecule has 2 saturated heterocycles. The number of likely N-dealkylation sites (tertiary alicyclic amines) is 1. The Morgan fingerprint density at radius 1 is 1.26 bits per heavy atom. The third-order valence-electron chi connectivity index (χ3n) is 5.49. The molecule has 0 saturated carbocycles. The van der Waals surface area contributed by atoms with Gasteiger partial charge in [0.1, 0.15) is 0 Å². The molecule has 12 heteroatoms. The molecule has 0 bridgehead atoms. The molecule has 31 heavy (non-hydrogen) atoms. The predicted molar refractivity (Wildman–Crippen MR) is 105 cm³/mol. The summed E-state index contributed by atoms with van der Waals surface area (Å²) in [6.45, 7) is 3.47. The maximum Gasteiger partial charge on any atom is 0.490 e. The summed E-state index contributed by atoms with van der Waals surface area (Å²) in [6, 6.07) is 3.86. The normalized spacial score (nSPS) is 19.2. The van der Waals surface area contributed by atoms with Crippen molar-refractivity contribution >= 4 is 21.9 Å². The maximum atomic E-state index is 12.4. The molecule has 1 aromatic rings. The molecule has 1 aromatic heterocycles. The largest absolute Gasteiger partial charge is 0.490 e. The molecule has 0 aliphatic carbocycles. The summed E-state index contributed by atoms with van der Waals surface area (Å²) in [4.78, 5) is 27.4. The van der Waals surface area contributed by atoms with Crippen LogP contribution in [0.25, 0.3) is 0 Å². The summed E-state index contributed by atoms with van der Waals surface area (Å²) in [6.07, 6.45) is 1.90. The highest BCUT2D eigenvalue weighted by Crippen LogP contribution is 2.40. The Hall–Kier alpha value is -2.21. The van der Waals surface area contributed by atoms with Crippen LogP contribution in [0.15, 0.2) is 24.5 Å². The van der Waals surface area contributed by atoms with E-state index < -0.39 is 22.2 Å². The number of nitrogens with zero attached hydrogens (tertiary/aromatic N) is 3. The first-order valence-corrected chi connectivity index (χ1v) is 11.5. The van der Waals surface area contributed by atoms with Crippen LogP contribution >= 0.6 is 0 Å². The van der Waals surface area contributed by atoms with Crippen LogP contribution in [-0.2, 0) is 26.2 Å². The molecule has 2 fully saturated rings. The second-order valence-electron chi connectivity index (χ2n) is 7.58. The Morgan fingerprint density at radius 2 is 1.87 bits per heavy atom. The SMILES string of the molecule is CCCS(=O)(=O)N1CCC2(CCC(=O)N2Cc2cccnc2)CC1.O=C(O)C(F)(F)F. The van der Waals surface area contributed by atoms with Crippen molar-refractivity contribution in [2.45, 2.75) is 57.3 Å². The van der Waals surface area contributed by atoms with Gasteiger partial charge < -0.3 is 10.0 Å². The topological polar surface area (TPSA) is 108 Å². The number of piperidine rings is 1. The molecule has 8 nitrogen and oxygen atoms in total. The Balaban J connectivity index is 0.000000423. The highest BCUT2D eigenvalue weighted by Gasteiger charge is 2.48. The van der Waals surface area contributed by atoms with E-state index in [0.29, 0.717) is 32.5 Å². The van der Waals surface area contributed by atoms with Crippen LogP contribution in [-0.4, -0.2) is 70.1 Å². The lowest BCUT2D eigenvalue weighted by Crippen LogP contribution is -2.54. The highest BCUT2D eigenvalue weighted by atomic mass is 32.2. The smallest absolute Gasteiger partial charge is 0.475 e. The minimum absolute atomic E-state index is 0.170. The van der Waals surface area contributed by atoms with E-state index in [9.17, 15) is 26.4 Å². The van der Waals surface area contributed by atoms with Crippen LogP contribution in [0, 0.1) is 0 Å². The standard InChI is InChI=1S/C17H25N3O3S.C2HF3O2/c1-2-12-24(22,23)19-10-7-17(8-11-19)6-5-16(21)20(17)14-15-4-3-9-18-13-15;3-2(4,5)1(6)7/h3-4,9,13H,2,5-8,10-12,14H2,1H3;(H,6,7). The molecule has 0 atom stereocenters. The number of amides is 1. The molecule has 0 radical (unpaired) electrons. The number of pyridine rings is 1. The van der Waals surface area contributed by atoms with Crippen molar-refractivity contribution in [3.05, 3.63) is 30.1 Å². The number of carboxylic acid groups (broad SMARTS) is 1. The molecule has 3 heterocycles. The van der Waals surface area contributed by atoms with Crippen LogP contribution in [0.2, 0.25) is 0 Å². The summed E-state index contributed by atoms with van der Waals surface area (Å²) in [5.41, 5.74) is 0.832. The number of alkyl halides is 3. The summed E-state index contributed by atoms with van der Waals surface area (Å²) < 4.78 is 57.9. The van der Waals surface area contributed by atoms with Crippen LogP contribution in [0.4, 0.5) is 13.2 Å².